The zero-order valence-electron chi connectivity index (χ0n) is 37.2. The Balaban J connectivity index is 4.70. The van der Waals surface area contributed by atoms with E-state index in [1.54, 1.807) is 12.2 Å². The number of aliphatic hydroxyl groups is 1. The Morgan fingerprint density at radius 3 is 1.65 bits per heavy atom. The van der Waals surface area contributed by atoms with Crippen molar-refractivity contribution >= 4 is 33.4 Å². The molecule has 0 saturated carbocycles. The number of allylic oxidation sites excluding steroid dienone is 14. The molecule has 354 valence electrons. The molecular weight excluding hydrogens is 838 g/mol. The van der Waals surface area contributed by atoms with Gasteiger partial charge in [-0.15, -0.1) is 0 Å². The van der Waals surface area contributed by atoms with Crippen molar-refractivity contribution in [1.82, 2.24) is 0 Å². The fourth-order valence-electron chi connectivity index (χ4n) is 5.31. The van der Waals surface area contributed by atoms with Crippen LogP contribution in [-0.2, 0) is 46.6 Å². The van der Waals surface area contributed by atoms with Gasteiger partial charge in [-0.05, 0) is 76.7 Å². The maximum Gasteiger partial charge on any atom is 0.472 e. The standard InChI is InChI=1S/C46H76O14P2/c1-3-5-7-8-9-10-11-12-13-14-15-16-17-18-19-22-25-28-32-36-45(49)56-40-44(41-59-62(54,55)58-39-43(48)38-57-61(51,52)53)60-46(50)37-33-29-26-23-20-21-24-27-31-35-42(47)34-30-6-4-2/h9-10,12-13,15-16,18-19,24-25,27-28,31,35,43-44,48H,3-8,11,14,17,20-23,26,29-30,32-34,36-41H2,1-2H3,(H,54,55)(H2,51,52,53)/b10-9-,13-12-,16-15-,19-18-,27-24-,28-25-,35-31+/t43-,44+/m0/s1. The van der Waals surface area contributed by atoms with E-state index in [1.165, 1.54) is 19.3 Å². The monoisotopic (exact) mass is 914 g/mol. The van der Waals surface area contributed by atoms with Gasteiger partial charge in [-0.1, -0.05) is 138 Å². The van der Waals surface area contributed by atoms with Gasteiger partial charge in [0.15, 0.2) is 11.9 Å². The highest BCUT2D eigenvalue weighted by Crippen LogP contribution is 2.43. The second-order valence-corrected chi connectivity index (χ2v) is 17.3. The van der Waals surface area contributed by atoms with Crippen LogP contribution in [0.4, 0.5) is 0 Å². The van der Waals surface area contributed by atoms with Gasteiger partial charge in [-0.25, -0.2) is 9.13 Å². The molecule has 16 heteroatoms. The molecule has 0 heterocycles. The number of carbonyl (C=O) groups excluding carboxylic acids is 3. The van der Waals surface area contributed by atoms with Gasteiger partial charge in [-0.3, -0.25) is 28.0 Å². The summed E-state index contributed by atoms with van der Waals surface area (Å²) in [4.78, 5) is 64.4. The molecule has 0 fully saturated rings. The van der Waals surface area contributed by atoms with Crippen molar-refractivity contribution in [3.8, 4) is 0 Å². The van der Waals surface area contributed by atoms with Crippen molar-refractivity contribution in [2.24, 2.45) is 0 Å². The average Bonchev–Trinajstić information content (AvgIpc) is 3.23. The zero-order valence-corrected chi connectivity index (χ0v) is 39.0. The number of hydrogen-bond acceptors (Lipinski definition) is 11. The van der Waals surface area contributed by atoms with Crippen LogP contribution in [0.15, 0.2) is 85.1 Å². The Morgan fingerprint density at radius 1 is 0.516 bits per heavy atom. The number of carbonyl (C=O) groups is 3. The molecule has 0 aliphatic carbocycles. The van der Waals surface area contributed by atoms with Gasteiger partial charge in [0.25, 0.3) is 0 Å². The summed E-state index contributed by atoms with van der Waals surface area (Å²) in [5, 5.41) is 9.74. The lowest BCUT2D eigenvalue weighted by molar-refractivity contribution is -0.161. The van der Waals surface area contributed by atoms with E-state index in [1.807, 2.05) is 30.4 Å². The van der Waals surface area contributed by atoms with Crippen LogP contribution in [0.3, 0.4) is 0 Å². The minimum absolute atomic E-state index is 0.0497. The Labute approximate surface area is 371 Å². The summed E-state index contributed by atoms with van der Waals surface area (Å²) < 4.78 is 47.6. The molecule has 0 aromatic heterocycles. The predicted octanol–water partition coefficient (Wildman–Crippen LogP) is 10.7. The van der Waals surface area contributed by atoms with Crippen LogP contribution in [0.5, 0.6) is 0 Å². The van der Waals surface area contributed by atoms with Crippen LogP contribution in [0, 0.1) is 0 Å². The minimum Gasteiger partial charge on any atom is -0.462 e. The van der Waals surface area contributed by atoms with Crippen LogP contribution in [0.1, 0.15) is 149 Å². The van der Waals surface area contributed by atoms with E-state index < -0.39 is 66.2 Å². The van der Waals surface area contributed by atoms with Crippen molar-refractivity contribution in [3.63, 3.8) is 0 Å². The lowest BCUT2D eigenvalue weighted by Gasteiger charge is -2.20. The van der Waals surface area contributed by atoms with Crippen LogP contribution in [-0.4, -0.2) is 76.1 Å². The maximum atomic E-state index is 12.7. The third-order valence-corrected chi connectivity index (χ3v) is 10.2. The van der Waals surface area contributed by atoms with E-state index >= 15 is 0 Å². The first-order chi connectivity index (χ1) is 29.8. The summed E-state index contributed by atoms with van der Waals surface area (Å²) in [7, 11) is -9.73. The molecule has 14 nitrogen and oxygen atoms in total. The van der Waals surface area contributed by atoms with E-state index in [9.17, 15) is 33.5 Å². The normalized spacial score (nSPS) is 14.7. The molecule has 0 bridgehead atoms. The van der Waals surface area contributed by atoms with Crippen molar-refractivity contribution in [2.75, 3.05) is 26.4 Å². The number of ether oxygens (including phenoxy) is 2. The molecule has 0 rings (SSSR count). The Bertz CT molecular complexity index is 1480. The summed E-state index contributed by atoms with van der Waals surface area (Å²) in [6, 6.07) is 0. The summed E-state index contributed by atoms with van der Waals surface area (Å²) in [6.07, 6.45) is 42.8. The van der Waals surface area contributed by atoms with E-state index in [0.717, 1.165) is 77.0 Å². The molecule has 0 spiro atoms. The first-order valence-electron chi connectivity index (χ1n) is 22.2. The van der Waals surface area contributed by atoms with Crippen molar-refractivity contribution < 1.29 is 66.3 Å². The van der Waals surface area contributed by atoms with E-state index in [4.69, 9.17) is 23.8 Å². The second-order valence-electron chi connectivity index (χ2n) is 14.6. The number of ketones is 1. The van der Waals surface area contributed by atoms with Gasteiger partial charge in [0.2, 0.25) is 0 Å². The molecule has 3 atom stereocenters. The smallest absolute Gasteiger partial charge is 0.462 e. The highest BCUT2D eigenvalue weighted by atomic mass is 31.2. The average molecular weight is 915 g/mol. The number of phosphoric ester groups is 2. The zero-order chi connectivity index (χ0) is 46.0. The largest absolute Gasteiger partial charge is 0.472 e. The Morgan fingerprint density at radius 2 is 1.02 bits per heavy atom. The SMILES string of the molecule is CCCCC/C=C\C/C=C\C/C=C\C/C=C\C/C=C\CCC(=O)OC[C@H](COP(=O)(O)OC[C@@H](O)COP(=O)(O)O)OC(=O)CCCCCCC/C=C\C=C\C(=O)CCCCC. The van der Waals surface area contributed by atoms with Gasteiger partial charge in [-0.2, -0.15) is 0 Å². The lowest BCUT2D eigenvalue weighted by Crippen LogP contribution is -2.29. The number of phosphoric acid groups is 2. The van der Waals surface area contributed by atoms with Crippen molar-refractivity contribution in [2.45, 2.75) is 161 Å². The van der Waals surface area contributed by atoms with Crippen LogP contribution in [0.25, 0.3) is 0 Å². The molecule has 0 aromatic carbocycles. The van der Waals surface area contributed by atoms with Gasteiger partial charge < -0.3 is 29.3 Å². The second kappa shape index (κ2) is 40.7. The fraction of sp³-hybridized carbons (Fsp3) is 0.630. The van der Waals surface area contributed by atoms with E-state index in [0.29, 0.717) is 25.7 Å². The molecule has 62 heavy (non-hydrogen) atoms. The summed E-state index contributed by atoms with van der Waals surface area (Å²) in [6.45, 7) is 1.43. The number of rotatable bonds is 41. The van der Waals surface area contributed by atoms with Crippen molar-refractivity contribution in [1.29, 1.82) is 0 Å². The lowest BCUT2D eigenvalue weighted by atomic mass is 10.1. The first-order valence-corrected chi connectivity index (χ1v) is 25.3. The summed E-state index contributed by atoms with van der Waals surface area (Å²) in [5.74, 6) is -1.06. The topological polar surface area (TPSA) is 212 Å². The highest BCUT2D eigenvalue weighted by molar-refractivity contribution is 7.47. The molecule has 1 unspecified atom stereocenters. The van der Waals surface area contributed by atoms with Crippen LogP contribution in [0.2, 0.25) is 0 Å². The highest BCUT2D eigenvalue weighted by Gasteiger charge is 2.28. The Kier molecular flexibility index (Phi) is 38.7. The summed E-state index contributed by atoms with van der Waals surface area (Å²) in [5.41, 5.74) is 0. The fourth-order valence-corrected chi connectivity index (χ4v) is 6.47. The third-order valence-electron chi connectivity index (χ3n) is 8.74. The van der Waals surface area contributed by atoms with Crippen LogP contribution < -0.4 is 0 Å². The summed E-state index contributed by atoms with van der Waals surface area (Å²) >= 11 is 0. The Hall–Kier alpha value is -3.03. The number of unbranched alkanes of at least 4 members (excludes halogenated alkanes) is 10. The van der Waals surface area contributed by atoms with Crippen molar-refractivity contribution in [3.05, 3.63) is 85.1 Å². The van der Waals surface area contributed by atoms with Gasteiger partial charge in [0.1, 0.15) is 12.7 Å². The third kappa shape index (κ3) is 43.6. The van der Waals surface area contributed by atoms with E-state index in [2.05, 4.69) is 65.4 Å². The van der Waals surface area contributed by atoms with Gasteiger partial charge in [0, 0.05) is 19.3 Å². The molecule has 0 aliphatic rings. The van der Waals surface area contributed by atoms with Gasteiger partial charge >= 0.3 is 27.6 Å². The predicted molar refractivity (Wildman–Crippen MR) is 244 cm³/mol. The first kappa shape index (κ1) is 59.0. The van der Waals surface area contributed by atoms with Crippen LogP contribution >= 0.6 is 15.6 Å². The number of hydrogen-bond donors (Lipinski definition) is 4. The minimum atomic E-state index is -4.88. The molecule has 0 saturated heterocycles. The molecule has 0 aliphatic heterocycles. The molecule has 0 aromatic rings. The number of aliphatic hydroxyl groups excluding tert-OH is 1. The molecule has 0 radical (unpaired) electrons. The molecule has 4 N–H and O–H groups in total. The van der Waals surface area contributed by atoms with E-state index in [-0.39, 0.29) is 18.6 Å². The number of esters is 2. The molecular formula is C46H76O14P2. The quantitative estimate of drug-likeness (QED) is 0.0112. The maximum absolute atomic E-state index is 12.7. The van der Waals surface area contributed by atoms with Gasteiger partial charge in [0.05, 0.1) is 19.8 Å². The molecule has 0 amide bonds.